The summed E-state index contributed by atoms with van der Waals surface area (Å²) in [5.41, 5.74) is 0.471. The molecule has 0 saturated carbocycles. The van der Waals surface area contributed by atoms with Crippen molar-refractivity contribution < 1.29 is 4.74 Å². The molecule has 2 rings (SSSR count). The Balaban J connectivity index is 2.36. The monoisotopic (exact) mass is 210 g/mol. The van der Waals surface area contributed by atoms with Crippen LogP contribution in [0.4, 0.5) is 0 Å². The third-order valence-electron chi connectivity index (χ3n) is 1.69. The van der Waals surface area contributed by atoms with Crippen molar-refractivity contribution in [3.05, 3.63) is 22.5 Å². The van der Waals surface area contributed by atoms with Crippen LogP contribution in [0.15, 0.2) is 16.9 Å². The van der Waals surface area contributed by atoms with E-state index in [1.807, 2.05) is 6.92 Å². The van der Waals surface area contributed by atoms with Gasteiger partial charge < -0.3 is 9.72 Å². The molecular formula is C9H10N2O2S. The first-order valence-electron chi connectivity index (χ1n) is 4.42. The van der Waals surface area contributed by atoms with Gasteiger partial charge in [-0.05, 0) is 12.5 Å². The van der Waals surface area contributed by atoms with Gasteiger partial charge in [-0.15, -0.1) is 0 Å². The summed E-state index contributed by atoms with van der Waals surface area (Å²) in [6, 6.07) is 3.24. The fourth-order valence-corrected chi connectivity index (χ4v) is 1.87. The van der Waals surface area contributed by atoms with E-state index in [9.17, 15) is 4.79 Å². The maximum absolute atomic E-state index is 11.0. The molecule has 0 atom stereocenters. The molecule has 1 N–H and O–H groups in total. The summed E-state index contributed by atoms with van der Waals surface area (Å²) in [5, 5.41) is 0.615. The lowest BCUT2D eigenvalue weighted by Crippen LogP contribution is -2.01. The Labute approximate surface area is 84.6 Å². The van der Waals surface area contributed by atoms with E-state index in [1.54, 1.807) is 6.07 Å². The minimum Gasteiger partial charge on any atom is -0.470 e. The third-order valence-corrected chi connectivity index (χ3v) is 2.62. The van der Waals surface area contributed by atoms with E-state index in [0.717, 1.165) is 11.1 Å². The van der Waals surface area contributed by atoms with Crippen molar-refractivity contribution >= 4 is 21.7 Å². The van der Waals surface area contributed by atoms with Crippen molar-refractivity contribution in [1.29, 1.82) is 0 Å². The lowest BCUT2D eigenvalue weighted by atomic mass is 10.5. The average Bonchev–Trinajstić information content (AvgIpc) is 2.56. The van der Waals surface area contributed by atoms with Gasteiger partial charge in [0.05, 0.1) is 11.3 Å². The molecule has 2 heterocycles. The zero-order chi connectivity index (χ0) is 9.97. The van der Waals surface area contributed by atoms with Crippen molar-refractivity contribution in [2.45, 2.75) is 13.3 Å². The number of fused-ring (bicyclic) bond motifs is 1. The molecule has 14 heavy (non-hydrogen) atoms. The van der Waals surface area contributed by atoms with Gasteiger partial charge in [0.1, 0.15) is 0 Å². The molecule has 0 aliphatic rings. The summed E-state index contributed by atoms with van der Waals surface area (Å²) in [5.74, 6) is 0. The van der Waals surface area contributed by atoms with Crippen LogP contribution in [-0.4, -0.2) is 16.6 Å². The van der Waals surface area contributed by atoms with E-state index in [4.69, 9.17) is 4.74 Å². The molecule has 4 nitrogen and oxygen atoms in total. The Morgan fingerprint density at radius 3 is 3.21 bits per heavy atom. The highest BCUT2D eigenvalue weighted by molar-refractivity contribution is 7.20. The van der Waals surface area contributed by atoms with E-state index in [1.165, 1.54) is 17.4 Å². The summed E-state index contributed by atoms with van der Waals surface area (Å²) < 4.78 is 6.31. The summed E-state index contributed by atoms with van der Waals surface area (Å²) in [6.07, 6.45) is 0.951. The number of nitrogens with one attached hydrogen (secondary N) is 1. The molecule has 0 saturated heterocycles. The second kappa shape index (κ2) is 3.79. The predicted molar refractivity (Wildman–Crippen MR) is 56.0 cm³/mol. The molecule has 0 unspecified atom stereocenters. The summed E-state index contributed by atoms with van der Waals surface area (Å²) in [7, 11) is 0. The molecule has 0 amide bonds. The van der Waals surface area contributed by atoms with Crippen LogP contribution in [0.2, 0.25) is 0 Å². The lowest BCUT2D eigenvalue weighted by Gasteiger charge is -1.95. The van der Waals surface area contributed by atoms with Crippen LogP contribution in [0.1, 0.15) is 13.3 Å². The number of hydrogen-bond donors (Lipinski definition) is 1. The van der Waals surface area contributed by atoms with Crippen molar-refractivity contribution in [2.24, 2.45) is 0 Å². The SMILES string of the molecule is CCCOc1nc2[nH]c(=O)ccc2s1. The second-order valence-electron chi connectivity index (χ2n) is 2.86. The Bertz CT molecular complexity index is 489. The summed E-state index contributed by atoms with van der Waals surface area (Å²) in [4.78, 5) is 17.8. The van der Waals surface area contributed by atoms with Gasteiger partial charge in [0.15, 0.2) is 5.65 Å². The first kappa shape index (κ1) is 9.21. The molecule has 0 aliphatic heterocycles. The normalized spacial score (nSPS) is 10.6. The highest BCUT2D eigenvalue weighted by atomic mass is 32.1. The van der Waals surface area contributed by atoms with E-state index in [0.29, 0.717) is 17.4 Å². The fourth-order valence-electron chi connectivity index (χ4n) is 1.07. The number of pyridine rings is 1. The van der Waals surface area contributed by atoms with Crippen LogP contribution in [-0.2, 0) is 0 Å². The molecule has 0 fully saturated rings. The summed E-state index contributed by atoms with van der Waals surface area (Å²) >= 11 is 1.44. The number of ether oxygens (including phenoxy) is 1. The lowest BCUT2D eigenvalue weighted by molar-refractivity contribution is 0.316. The van der Waals surface area contributed by atoms with Gasteiger partial charge in [0.2, 0.25) is 5.56 Å². The molecule has 2 aromatic rings. The highest BCUT2D eigenvalue weighted by Crippen LogP contribution is 2.25. The standard InChI is InChI=1S/C9H10N2O2S/c1-2-5-13-9-11-8-6(14-9)3-4-7(12)10-8/h3-4H,2,5H2,1H3,(H,10,12). The minimum absolute atomic E-state index is 0.134. The smallest absolute Gasteiger partial charge is 0.275 e. The Kier molecular flexibility index (Phi) is 2.49. The van der Waals surface area contributed by atoms with Gasteiger partial charge in [-0.1, -0.05) is 18.3 Å². The number of aromatic amines is 1. The van der Waals surface area contributed by atoms with Crippen LogP contribution in [0, 0.1) is 0 Å². The first-order chi connectivity index (χ1) is 6.79. The van der Waals surface area contributed by atoms with Gasteiger partial charge in [-0.25, -0.2) is 0 Å². The number of hydrogen-bond acceptors (Lipinski definition) is 4. The molecule has 0 spiro atoms. The van der Waals surface area contributed by atoms with Gasteiger partial charge >= 0.3 is 0 Å². The molecule has 74 valence electrons. The Hall–Kier alpha value is -1.36. The van der Waals surface area contributed by atoms with Crippen LogP contribution >= 0.6 is 11.3 Å². The molecule has 0 aromatic carbocycles. The van der Waals surface area contributed by atoms with Crippen LogP contribution in [0.3, 0.4) is 0 Å². The molecular weight excluding hydrogens is 200 g/mol. The van der Waals surface area contributed by atoms with Crippen LogP contribution in [0.5, 0.6) is 5.19 Å². The average molecular weight is 210 g/mol. The predicted octanol–water partition coefficient (Wildman–Crippen LogP) is 1.77. The zero-order valence-electron chi connectivity index (χ0n) is 7.74. The van der Waals surface area contributed by atoms with Crippen molar-refractivity contribution in [2.75, 3.05) is 6.61 Å². The largest absolute Gasteiger partial charge is 0.470 e. The van der Waals surface area contributed by atoms with Gasteiger partial charge in [0.25, 0.3) is 5.19 Å². The van der Waals surface area contributed by atoms with Crippen molar-refractivity contribution in [3.63, 3.8) is 0 Å². The van der Waals surface area contributed by atoms with Crippen molar-refractivity contribution in [1.82, 2.24) is 9.97 Å². The molecule has 0 aliphatic carbocycles. The second-order valence-corrected chi connectivity index (χ2v) is 3.86. The number of nitrogens with zero attached hydrogens (tertiary/aromatic N) is 1. The number of aromatic nitrogens is 2. The number of rotatable bonds is 3. The number of H-pyrrole nitrogens is 1. The maximum Gasteiger partial charge on any atom is 0.275 e. The topological polar surface area (TPSA) is 55.0 Å². The molecule has 2 aromatic heterocycles. The quantitative estimate of drug-likeness (QED) is 0.840. The van der Waals surface area contributed by atoms with Gasteiger partial charge in [-0.3, -0.25) is 4.79 Å². The van der Waals surface area contributed by atoms with Gasteiger partial charge in [0, 0.05) is 6.07 Å². The van der Waals surface area contributed by atoms with Crippen LogP contribution in [0.25, 0.3) is 10.3 Å². The highest BCUT2D eigenvalue weighted by Gasteiger charge is 2.04. The molecule has 0 bridgehead atoms. The van der Waals surface area contributed by atoms with Gasteiger partial charge in [-0.2, -0.15) is 4.98 Å². The molecule has 0 radical (unpaired) electrons. The minimum atomic E-state index is -0.134. The van der Waals surface area contributed by atoms with Crippen molar-refractivity contribution in [3.8, 4) is 5.19 Å². The van der Waals surface area contributed by atoms with E-state index >= 15 is 0 Å². The maximum atomic E-state index is 11.0. The molecule has 5 heteroatoms. The third kappa shape index (κ3) is 1.77. The number of thiazole rings is 1. The van der Waals surface area contributed by atoms with Crippen LogP contribution < -0.4 is 10.3 Å². The van der Waals surface area contributed by atoms with E-state index < -0.39 is 0 Å². The first-order valence-corrected chi connectivity index (χ1v) is 5.24. The fraction of sp³-hybridized carbons (Fsp3) is 0.333. The Morgan fingerprint density at radius 2 is 2.43 bits per heavy atom. The Morgan fingerprint density at radius 1 is 1.57 bits per heavy atom. The summed E-state index contributed by atoms with van der Waals surface area (Å²) in [6.45, 7) is 2.69. The van der Waals surface area contributed by atoms with E-state index in [2.05, 4.69) is 9.97 Å². The van der Waals surface area contributed by atoms with E-state index in [-0.39, 0.29) is 5.56 Å². The zero-order valence-corrected chi connectivity index (χ0v) is 8.56.